The molecule has 1 aromatic carbocycles. The monoisotopic (exact) mass is 391 g/mol. The van der Waals surface area contributed by atoms with Gasteiger partial charge < -0.3 is 25.4 Å². The molecule has 0 radical (unpaired) electrons. The maximum Gasteiger partial charge on any atom is 0.342 e. The number of aryl methyl sites for hydroxylation is 1. The van der Waals surface area contributed by atoms with Crippen LogP contribution < -0.4 is 5.32 Å². The summed E-state index contributed by atoms with van der Waals surface area (Å²) in [4.78, 5) is 24.7. The molecular formula is C21H29NO6. The molecule has 1 heterocycles. The summed E-state index contributed by atoms with van der Waals surface area (Å²) in [5.41, 5.74) is 1.36. The Balaban J connectivity index is 2.41. The molecule has 28 heavy (non-hydrogen) atoms. The van der Waals surface area contributed by atoms with E-state index in [1.165, 1.54) is 18.2 Å². The van der Waals surface area contributed by atoms with Gasteiger partial charge in [-0.2, -0.15) is 0 Å². The second-order valence-electron chi connectivity index (χ2n) is 7.20. The predicted molar refractivity (Wildman–Crippen MR) is 105 cm³/mol. The molecule has 2 rings (SSSR count). The smallest absolute Gasteiger partial charge is 0.342 e. The van der Waals surface area contributed by atoms with Crippen molar-refractivity contribution in [2.24, 2.45) is 5.92 Å². The lowest BCUT2D eigenvalue weighted by molar-refractivity contribution is -0.128. The van der Waals surface area contributed by atoms with Crippen LogP contribution in [-0.2, 0) is 16.0 Å². The second-order valence-corrected chi connectivity index (χ2v) is 7.20. The van der Waals surface area contributed by atoms with Gasteiger partial charge in [0.15, 0.2) is 5.78 Å². The first kappa shape index (κ1) is 21.9. The van der Waals surface area contributed by atoms with Crippen LogP contribution in [0.25, 0.3) is 0 Å². The Kier molecular flexibility index (Phi) is 7.60. The molecule has 4 atom stereocenters. The van der Waals surface area contributed by atoms with Crippen molar-refractivity contribution >= 4 is 17.4 Å². The van der Waals surface area contributed by atoms with Gasteiger partial charge in [0.25, 0.3) is 0 Å². The molecule has 1 aliphatic rings. The number of cyclic esters (lactones) is 1. The van der Waals surface area contributed by atoms with Gasteiger partial charge in [-0.15, -0.1) is 0 Å². The molecule has 1 aliphatic heterocycles. The molecule has 0 amide bonds. The van der Waals surface area contributed by atoms with Gasteiger partial charge in [-0.05, 0) is 50.8 Å². The normalized spacial score (nSPS) is 28.0. The molecule has 0 aromatic heterocycles. The van der Waals surface area contributed by atoms with Crippen LogP contribution in [0.1, 0.15) is 49.5 Å². The first-order valence-electron chi connectivity index (χ1n) is 9.63. The Bertz CT molecular complexity index is 745. The number of carbonyl (C=O) groups excluding carboxylic acids is 2. The fraction of sp³-hybridized carbons (Fsp3) is 0.524. The third-order valence-corrected chi connectivity index (χ3v) is 4.98. The lowest BCUT2D eigenvalue weighted by atomic mass is 9.96. The number of phenolic OH excluding ortho intramolecular Hbond substituents is 1. The van der Waals surface area contributed by atoms with Gasteiger partial charge in [-0.3, -0.25) is 4.79 Å². The van der Waals surface area contributed by atoms with Crippen molar-refractivity contribution in [2.75, 3.05) is 11.9 Å². The fourth-order valence-electron chi connectivity index (χ4n) is 3.11. The molecule has 0 spiro atoms. The molecule has 7 heteroatoms. The quantitative estimate of drug-likeness (QED) is 0.571. The van der Waals surface area contributed by atoms with E-state index in [4.69, 9.17) is 4.74 Å². The van der Waals surface area contributed by atoms with E-state index in [1.807, 2.05) is 6.92 Å². The summed E-state index contributed by atoms with van der Waals surface area (Å²) in [6, 6.07) is 3.26. The Morgan fingerprint density at radius 3 is 2.61 bits per heavy atom. The number of ether oxygens (including phenoxy) is 1. The number of benzene rings is 1. The van der Waals surface area contributed by atoms with Crippen LogP contribution in [-0.4, -0.2) is 51.9 Å². The molecular weight excluding hydrogens is 362 g/mol. The van der Waals surface area contributed by atoms with Crippen molar-refractivity contribution < 1.29 is 29.6 Å². The van der Waals surface area contributed by atoms with E-state index in [0.717, 1.165) is 0 Å². The molecule has 4 N–H and O–H groups in total. The van der Waals surface area contributed by atoms with E-state index >= 15 is 0 Å². The summed E-state index contributed by atoms with van der Waals surface area (Å²) in [5, 5.41) is 33.7. The SMILES string of the molecule is CCNc1cc(O)c2c(c1)CCC[C@H](O)[C@H](O)C(=O)/C=C\[C@H](C)[C@H](C)OC2=O. The third kappa shape index (κ3) is 5.33. The van der Waals surface area contributed by atoms with Crippen LogP contribution in [0.3, 0.4) is 0 Å². The Hall–Kier alpha value is -2.38. The highest BCUT2D eigenvalue weighted by atomic mass is 16.5. The highest BCUT2D eigenvalue weighted by Gasteiger charge is 2.26. The summed E-state index contributed by atoms with van der Waals surface area (Å²) in [7, 11) is 0. The standard InChI is InChI=1S/C21H29NO6/c1-4-22-15-10-14-6-5-7-16(23)20(26)17(24)9-8-12(2)13(3)28-21(27)19(14)18(25)11-15/h8-13,16,20,22-23,25-26H,4-7H2,1-3H3/b9-8-/t12-,13-,16-,20-/m0/s1. The maximum absolute atomic E-state index is 12.7. The molecule has 0 saturated heterocycles. The van der Waals surface area contributed by atoms with Crippen LogP contribution >= 0.6 is 0 Å². The van der Waals surface area contributed by atoms with E-state index in [0.29, 0.717) is 30.6 Å². The van der Waals surface area contributed by atoms with Gasteiger partial charge in [-0.25, -0.2) is 4.79 Å². The number of anilines is 1. The first-order valence-corrected chi connectivity index (χ1v) is 9.63. The number of aliphatic hydroxyl groups excluding tert-OH is 2. The number of carbonyl (C=O) groups is 2. The van der Waals surface area contributed by atoms with Crippen molar-refractivity contribution in [2.45, 2.75) is 58.3 Å². The van der Waals surface area contributed by atoms with Crippen LogP contribution in [0.2, 0.25) is 0 Å². The summed E-state index contributed by atoms with van der Waals surface area (Å²) in [6.45, 7) is 6.03. The zero-order chi connectivity index (χ0) is 20.8. The molecule has 7 nitrogen and oxygen atoms in total. The van der Waals surface area contributed by atoms with Gasteiger partial charge in [0.1, 0.15) is 23.5 Å². The zero-order valence-electron chi connectivity index (χ0n) is 16.5. The van der Waals surface area contributed by atoms with Crippen LogP contribution in [0, 0.1) is 5.92 Å². The van der Waals surface area contributed by atoms with Crippen molar-refractivity contribution in [3.63, 3.8) is 0 Å². The highest BCUT2D eigenvalue weighted by molar-refractivity contribution is 5.95. The minimum Gasteiger partial charge on any atom is -0.507 e. The lowest BCUT2D eigenvalue weighted by Gasteiger charge is -2.21. The molecule has 0 saturated carbocycles. The van der Waals surface area contributed by atoms with Gasteiger partial charge in [-0.1, -0.05) is 13.0 Å². The number of aliphatic hydroxyl groups is 2. The summed E-state index contributed by atoms with van der Waals surface area (Å²) in [6.07, 6.45) is 0.458. The average Bonchev–Trinajstić information content (AvgIpc) is 2.64. The van der Waals surface area contributed by atoms with Crippen molar-refractivity contribution in [3.05, 3.63) is 35.4 Å². The number of esters is 1. The topological polar surface area (TPSA) is 116 Å². The highest BCUT2D eigenvalue weighted by Crippen LogP contribution is 2.30. The van der Waals surface area contributed by atoms with Crippen molar-refractivity contribution in [3.8, 4) is 5.75 Å². The van der Waals surface area contributed by atoms with Gasteiger partial charge in [0.05, 0.1) is 6.10 Å². The Morgan fingerprint density at radius 1 is 1.21 bits per heavy atom. The van der Waals surface area contributed by atoms with E-state index in [1.54, 1.807) is 19.9 Å². The van der Waals surface area contributed by atoms with Gasteiger partial charge in [0.2, 0.25) is 0 Å². The summed E-state index contributed by atoms with van der Waals surface area (Å²) in [5.74, 6) is -1.68. The summed E-state index contributed by atoms with van der Waals surface area (Å²) < 4.78 is 5.50. The minimum atomic E-state index is -1.50. The molecule has 1 aromatic rings. The molecule has 0 fully saturated rings. The second kappa shape index (κ2) is 9.71. The van der Waals surface area contributed by atoms with Crippen LogP contribution in [0.15, 0.2) is 24.3 Å². The lowest BCUT2D eigenvalue weighted by Crippen LogP contribution is -2.33. The number of fused-ring (bicyclic) bond motifs is 1. The maximum atomic E-state index is 12.7. The van der Waals surface area contributed by atoms with Crippen molar-refractivity contribution in [1.82, 2.24) is 0 Å². The average molecular weight is 391 g/mol. The number of aromatic hydroxyl groups is 1. The van der Waals surface area contributed by atoms with Crippen molar-refractivity contribution in [1.29, 1.82) is 0 Å². The molecule has 154 valence electrons. The molecule has 0 aliphatic carbocycles. The van der Waals surface area contributed by atoms with E-state index in [9.17, 15) is 24.9 Å². The van der Waals surface area contributed by atoms with E-state index in [-0.39, 0.29) is 23.7 Å². The third-order valence-electron chi connectivity index (χ3n) is 4.98. The Labute approximate surface area is 165 Å². The van der Waals surface area contributed by atoms with Crippen LogP contribution in [0.5, 0.6) is 5.75 Å². The number of phenols is 1. The summed E-state index contributed by atoms with van der Waals surface area (Å²) >= 11 is 0. The van der Waals surface area contributed by atoms with Gasteiger partial charge in [0, 0.05) is 24.2 Å². The van der Waals surface area contributed by atoms with E-state index in [2.05, 4.69) is 5.32 Å². The first-order chi connectivity index (χ1) is 13.2. The fourth-order valence-corrected chi connectivity index (χ4v) is 3.11. The number of nitrogens with one attached hydrogen (secondary N) is 1. The van der Waals surface area contributed by atoms with Crippen LogP contribution in [0.4, 0.5) is 5.69 Å². The molecule has 0 bridgehead atoms. The molecule has 0 unspecified atom stereocenters. The number of hydrogen-bond acceptors (Lipinski definition) is 7. The largest absolute Gasteiger partial charge is 0.507 e. The zero-order valence-corrected chi connectivity index (χ0v) is 16.5. The number of hydrogen-bond donors (Lipinski definition) is 4. The Morgan fingerprint density at radius 2 is 1.93 bits per heavy atom. The number of ketones is 1. The predicted octanol–water partition coefficient (Wildman–Crippen LogP) is 2.19. The minimum absolute atomic E-state index is 0.104. The van der Waals surface area contributed by atoms with E-state index < -0.39 is 30.1 Å². The van der Waals surface area contributed by atoms with Gasteiger partial charge >= 0.3 is 5.97 Å². The number of rotatable bonds is 2.